The summed E-state index contributed by atoms with van der Waals surface area (Å²) in [5, 5.41) is 26.9. The van der Waals surface area contributed by atoms with Crippen molar-refractivity contribution in [2.45, 2.75) is 37.4 Å². The number of nitrogens with one attached hydrogen (secondary N) is 5. The lowest BCUT2D eigenvalue weighted by molar-refractivity contribution is -0.141. The number of carbonyl (C=O) groups excluding carboxylic acids is 3. The summed E-state index contributed by atoms with van der Waals surface area (Å²) in [6, 6.07) is 11.0. The van der Waals surface area contributed by atoms with Gasteiger partial charge in [-0.15, -0.1) is 0 Å². The van der Waals surface area contributed by atoms with Crippen LogP contribution in [0.1, 0.15) is 17.5 Å². The van der Waals surface area contributed by atoms with Crippen LogP contribution in [-0.2, 0) is 36.8 Å². The molecule has 0 aliphatic heterocycles. The average molecular weight is 563 g/mol. The molecule has 13 heteroatoms. The molecule has 214 valence electrons. The Balaban J connectivity index is 1.54. The van der Waals surface area contributed by atoms with Crippen LogP contribution >= 0.6 is 0 Å². The van der Waals surface area contributed by atoms with Crippen LogP contribution in [0.4, 0.5) is 0 Å². The van der Waals surface area contributed by atoms with E-state index >= 15 is 0 Å². The molecule has 0 spiro atoms. The SMILES string of the molecule is NC(Cc1c[nH]c2ccccc12)C(=O)NC(Cc1c[nH]c2ccccc12)C(=O)NC(CC(=O)O)C(=O)NCC(=O)O. The molecule has 0 aliphatic rings. The molecule has 2 aromatic carbocycles. The van der Waals surface area contributed by atoms with E-state index in [0.29, 0.717) is 5.56 Å². The fourth-order valence-corrected chi connectivity index (χ4v) is 4.58. The maximum Gasteiger partial charge on any atom is 0.322 e. The summed E-state index contributed by atoms with van der Waals surface area (Å²) in [6.07, 6.45) is 2.83. The molecule has 0 radical (unpaired) electrons. The number of aromatic amines is 2. The number of carbonyl (C=O) groups is 5. The number of para-hydroxylation sites is 2. The van der Waals surface area contributed by atoms with Crippen molar-refractivity contribution in [2.75, 3.05) is 6.54 Å². The van der Waals surface area contributed by atoms with E-state index in [-0.39, 0.29) is 12.8 Å². The van der Waals surface area contributed by atoms with Gasteiger partial charge in [-0.1, -0.05) is 36.4 Å². The molecule has 4 aromatic rings. The lowest BCUT2D eigenvalue weighted by atomic mass is 10.0. The van der Waals surface area contributed by atoms with E-state index < -0.39 is 60.8 Å². The minimum atomic E-state index is -1.58. The lowest BCUT2D eigenvalue weighted by Gasteiger charge is -2.23. The first-order chi connectivity index (χ1) is 19.6. The van der Waals surface area contributed by atoms with Crippen molar-refractivity contribution in [2.24, 2.45) is 5.73 Å². The molecule has 0 aliphatic carbocycles. The third-order valence-corrected chi connectivity index (χ3v) is 6.61. The van der Waals surface area contributed by atoms with E-state index in [0.717, 1.165) is 27.4 Å². The number of hydrogen-bond donors (Lipinski definition) is 8. The number of hydrogen-bond acceptors (Lipinski definition) is 6. The Hall–Kier alpha value is -5.17. The molecular formula is C28H30N6O7. The molecule has 2 aromatic heterocycles. The van der Waals surface area contributed by atoms with Gasteiger partial charge in [-0.25, -0.2) is 0 Å². The van der Waals surface area contributed by atoms with Crippen molar-refractivity contribution in [3.63, 3.8) is 0 Å². The van der Waals surface area contributed by atoms with Crippen molar-refractivity contribution in [3.05, 3.63) is 72.1 Å². The van der Waals surface area contributed by atoms with Crippen LogP contribution in [-0.4, -0.2) is 74.5 Å². The molecule has 3 unspecified atom stereocenters. The van der Waals surface area contributed by atoms with E-state index in [1.54, 1.807) is 12.4 Å². The molecule has 3 amide bonds. The van der Waals surface area contributed by atoms with Gasteiger partial charge in [-0.05, 0) is 29.7 Å². The zero-order valence-corrected chi connectivity index (χ0v) is 21.8. The normalized spacial score (nSPS) is 13.3. The highest BCUT2D eigenvalue weighted by Crippen LogP contribution is 2.20. The van der Waals surface area contributed by atoms with Crippen LogP contribution in [0, 0.1) is 0 Å². The van der Waals surface area contributed by atoms with Crippen LogP contribution in [0.2, 0.25) is 0 Å². The minimum absolute atomic E-state index is 0.00206. The maximum atomic E-state index is 13.4. The van der Waals surface area contributed by atoms with Crippen LogP contribution in [0.3, 0.4) is 0 Å². The maximum absolute atomic E-state index is 13.4. The molecule has 41 heavy (non-hydrogen) atoms. The predicted molar refractivity (Wildman–Crippen MR) is 149 cm³/mol. The first-order valence-electron chi connectivity index (χ1n) is 12.8. The summed E-state index contributed by atoms with van der Waals surface area (Å²) < 4.78 is 0. The standard InChI is InChI=1S/C28H30N6O7/c29-19(9-15-12-30-20-7-3-1-5-17(15)20)26(39)33-22(10-16-13-31-21-8-4-2-6-18(16)21)28(41)34-23(11-24(35)36)27(40)32-14-25(37)38/h1-8,12-13,19,22-23,30-31H,9-11,14,29H2,(H,32,40)(H,33,39)(H,34,41)(H,35,36)(H,37,38). The van der Waals surface area contributed by atoms with E-state index in [9.17, 15) is 29.1 Å². The number of rotatable bonds is 13. The van der Waals surface area contributed by atoms with E-state index in [4.69, 9.17) is 10.8 Å². The summed E-state index contributed by atoms with van der Waals surface area (Å²) in [5.74, 6) is -5.18. The third kappa shape index (κ3) is 7.28. The Morgan fingerprint density at radius 3 is 1.80 bits per heavy atom. The Kier molecular flexibility index (Phi) is 8.99. The number of carboxylic acids is 2. The number of fused-ring (bicyclic) bond motifs is 2. The lowest BCUT2D eigenvalue weighted by Crippen LogP contribution is -2.57. The van der Waals surface area contributed by atoms with Gasteiger partial charge in [-0.3, -0.25) is 24.0 Å². The molecule has 0 saturated carbocycles. The fraction of sp³-hybridized carbons (Fsp3) is 0.250. The van der Waals surface area contributed by atoms with E-state index in [2.05, 4.69) is 25.9 Å². The summed E-state index contributed by atoms with van der Waals surface area (Å²) >= 11 is 0. The quantitative estimate of drug-likeness (QED) is 0.114. The smallest absolute Gasteiger partial charge is 0.322 e. The molecule has 9 N–H and O–H groups in total. The molecule has 2 heterocycles. The van der Waals surface area contributed by atoms with Crippen molar-refractivity contribution in [1.29, 1.82) is 0 Å². The fourth-order valence-electron chi connectivity index (χ4n) is 4.58. The van der Waals surface area contributed by atoms with Gasteiger partial charge in [0.15, 0.2) is 0 Å². The zero-order chi connectivity index (χ0) is 29.5. The number of aliphatic carboxylic acids is 2. The van der Waals surface area contributed by atoms with Crippen molar-refractivity contribution in [1.82, 2.24) is 25.9 Å². The Morgan fingerprint density at radius 1 is 0.707 bits per heavy atom. The van der Waals surface area contributed by atoms with E-state index in [1.807, 2.05) is 48.5 Å². The van der Waals surface area contributed by atoms with Crippen LogP contribution < -0.4 is 21.7 Å². The molecule has 0 saturated heterocycles. The number of H-pyrrole nitrogens is 2. The monoisotopic (exact) mass is 562 g/mol. The first kappa shape index (κ1) is 28.8. The number of carboxylic acid groups (broad SMARTS) is 2. The third-order valence-electron chi connectivity index (χ3n) is 6.61. The largest absolute Gasteiger partial charge is 0.481 e. The molecule has 0 bridgehead atoms. The average Bonchev–Trinajstić information content (AvgIpc) is 3.54. The second-order valence-electron chi connectivity index (χ2n) is 9.57. The Labute approximate surface area is 233 Å². The molecule has 0 fully saturated rings. The van der Waals surface area contributed by atoms with Crippen molar-refractivity contribution < 1.29 is 34.2 Å². The first-order valence-corrected chi connectivity index (χ1v) is 12.8. The van der Waals surface area contributed by atoms with Gasteiger partial charge in [0.25, 0.3) is 0 Å². The molecular weight excluding hydrogens is 532 g/mol. The van der Waals surface area contributed by atoms with Crippen LogP contribution in [0.25, 0.3) is 21.8 Å². The number of nitrogens with two attached hydrogens (primary N) is 1. The van der Waals surface area contributed by atoms with Gasteiger partial charge < -0.3 is 41.9 Å². The topological polar surface area (TPSA) is 219 Å². The van der Waals surface area contributed by atoms with Gasteiger partial charge >= 0.3 is 11.9 Å². The van der Waals surface area contributed by atoms with Crippen LogP contribution in [0.15, 0.2) is 60.9 Å². The second-order valence-corrected chi connectivity index (χ2v) is 9.57. The predicted octanol–water partition coefficient (Wildman–Crippen LogP) is 0.407. The molecule has 4 rings (SSSR count). The summed E-state index contributed by atoms with van der Waals surface area (Å²) in [6.45, 7) is -0.761. The number of aromatic nitrogens is 2. The molecule has 3 atom stereocenters. The van der Waals surface area contributed by atoms with Gasteiger partial charge in [0.05, 0.1) is 12.5 Å². The van der Waals surface area contributed by atoms with Crippen LogP contribution in [0.5, 0.6) is 0 Å². The van der Waals surface area contributed by atoms with Crippen molar-refractivity contribution in [3.8, 4) is 0 Å². The summed E-state index contributed by atoms with van der Waals surface area (Å²) in [5.41, 5.74) is 9.43. The number of benzene rings is 2. The minimum Gasteiger partial charge on any atom is -0.481 e. The highest BCUT2D eigenvalue weighted by atomic mass is 16.4. The second kappa shape index (κ2) is 12.8. The highest BCUT2D eigenvalue weighted by molar-refractivity contribution is 5.96. The number of amides is 3. The zero-order valence-electron chi connectivity index (χ0n) is 21.8. The van der Waals surface area contributed by atoms with Gasteiger partial charge in [0.2, 0.25) is 17.7 Å². The van der Waals surface area contributed by atoms with Gasteiger partial charge in [-0.2, -0.15) is 0 Å². The van der Waals surface area contributed by atoms with Gasteiger partial charge in [0.1, 0.15) is 18.6 Å². The Morgan fingerprint density at radius 2 is 1.24 bits per heavy atom. The molecule has 13 nitrogen and oxygen atoms in total. The Bertz CT molecular complexity index is 1590. The summed E-state index contributed by atoms with van der Waals surface area (Å²) in [7, 11) is 0. The van der Waals surface area contributed by atoms with E-state index in [1.165, 1.54) is 0 Å². The van der Waals surface area contributed by atoms with Crippen molar-refractivity contribution >= 4 is 51.5 Å². The summed E-state index contributed by atoms with van der Waals surface area (Å²) in [4.78, 5) is 67.6. The highest BCUT2D eigenvalue weighted by Gasteiger charge is 2.30. The van der Waals surface area contributed by atoms with Gasteiger partial charge in [0, 0.05) is 40.6 Å².